The first-order valence-electron chi connectivity index (χ1n) is 8.30. The highest BCUT2D eigenvalue weighted by Crippen LogP contribution is 2.37. The van der Waals surface area contributed by atoms with E-state index in [-0.39, 0.29) is 18.1 Å². The number of carbonyl (C=O) groups is 1. The van der Waals surface area contributed by atoms with E-state index in [2.05, 4.69) is 19.9 Å². The van der Waals surface area contributed by atoms with Crippen molar-refractivity contribution in [3.8, 4) is 5.75 Å². The molecule has 1 aliphatic heterocycles. The molecule has 2 aliphatic rings. The molecule has 0 unspecified atom stereocenters. The lowest BCUT2D eigenvalue weighted by Crippen LogP contribution is -2.51. The summed E-state index contributed by atoms with van der Waals surface area (Å²) in [6.45, 7) is 5.10. The maximum atomic E-state index is 12.2. The van der Waals surface area contributed by atoms with Crippen molar-refractivity contribution in [2.45, 2.75) is 58.1 Å². The van der Waals surface area contributed by atoms with E-state index in [1.165, 1.54) is 5.56 Å². The third-order valence-corrected chi connectivity index (χ3v) is 4.60. The summed E-state index contributed by atoms with van der Waals surface area (Å²) < 4.78 is 5.82. The van der Waals surface area contributed by atoms with Crippen molar-refractivity contribution in [2.24, 2.45) is 5.92 Å². The van der Waals surface area contributed by atoms with Crippen LogP contribution >= 0.6 is 0 Å². The number of amides is 1. The lowest BCUT2D eigenvalue weighted by Gasteiger charge is -2.43. The van der Waals surface area contributed by atoms with E-state index >= 15 is 0 Å². The summed E-state index contributed by atoms with van der Waals surface area (Å²) in [4.78, 5) is 14.1. The SMILES string of the molecule is CC(C)CCOc1ccc2c(c1)CCC(=O)N2C1CC(O)C1. The molecule has 120 valence electrons. The molecule has 1 saturated carbocycles. The minimum Gasteiger partial charge on any atom is -0.494 e. The molecule has 0 aromatic heterocycles. The Morgan fingerprint density at radius 1 is 1.32 bits per heavy atom. The van der Waals surface area contributed by atoms with Gasteiger partial charge in [0.25, 0.3) is 0 Å². The fourth-order valence-corrected chi connectivity index (χ4v) is 3.17. The van der Waals surface area contributed by atoms with Gasteiger partial charge in [0.05, 0.1) is 12.7 Å². The smallest absolute Gasteiger partial charge is 0.227 e. The Balaban J connectivity index is 1.73. The van der Waals surface area contributed by atoms with Gasteiger partial charge in [0.2, 0.25) is 5.91 Å². The molecule has 22 heavy (non-hydrogen) atoms. The van der Waals surface area contributed by atoms with Gasteiger partial charge >= 0.3 is 0 Å². The predicted molar refractivity (Wildman–Crippen MR) is 86.2 cm³/mol. The van der Waals surface area contributed by atoms with Crippen molar-refractivity contribution in [1.82, 2.24) is 0 Å². The largest absolute Gasteiger partial charge is 0.494 e. The number of benzene rings is 1. The maximum absolute atomic E-state index is 12.2. The molecule has 0 spiro atoms. The van der Waals surface area contributed by atoms with Crippen molar-refractivity contribution in [1.29, 1.82) is 0 Å². The number of aryl methyl sites for hydroxylation is 1. The number of ether oxygens (including phenoxy) is 1. The van der Waals surface area contributed by atoms with Crippen molar-refractivity contribution in [2.75, 3.05) is 11.5 Å². The van der Waals surface area contributed by atoms with E-state index in [1.54, 1.807) is 0 Å². The Kier molecular flexibility index (Phi) is 4.39. The monoisotopic (exact) mass is 303 g/mol. The third-order valence-electron chi connectivity index (χ3n) is 4.60. The van der Waals surface area contributed by atoms with Crippen LogP contribution in [0.1, 0.15) is 45.1 Å². The van der Waals surface area contributed by atoms with Gasteiger partial charge in [-0.25, -0.2) is 0 Å². The molecular weight excluding hydrogens is 278 g/mol. The van der Waals surface area contributed by atoms with Gasteiger partial charge < -0.3 is 14.7 Å². The van der Waals surface area contributed by atoms with Gasteiger partial charge in [-0.05, 0) is 55.4 Å². The zero-order valence-corrected chi connectivity index (χ0v) is 13.4. The quantitative estimate of drug-likeness (QED) is 0.910. The lowest BCUT2D eigenvalue weighted by atomic mass is 9.85. The third kappa shape index (κ3) is 3.12. The second kappa shape index (κ2) is 6.29. The Labute approximate surface area is 132 Å². The van der Waals surface area contributed by atoms with E-state index in [4.69, 9.17) is 4.74 Å². The first-order valence-corrected chi connectivity index (χ1v) is 8.30. The highest BCUT2D eigenvalue weighted by Gasteiger charge is 2.38. The number of anilines is 1. The molecule has 4 nitrogen and oxygen atoms in total. The van der Waals surface area contributed by atoms with E-state index in [0.717, 1.165) is 30.9 Å². The number of carbonyl (C=O) groups excluding carboxylic acids is 1. The molecule has 0 saturated heterocycles. The van der Waals surface area contributed by atoms with Crippen molar-refractivity contribution in [3.63, 3.8) is 0 Å². The molecule has 1 aromatic carbocycles. The molecular formula is C18H25NO3. The van der Waals surface area contributed by atoms with E-state index in [9.17, 15) is 9.90 Å². The number of fused-ring (bicyclic) bond motifs is 1. The van der Waals surface area contributed by atoms with Gasteiger partial charge in [0.1, 0.15) is 5.75 Å². The Morgan fingerprint density at radius 2 is 2.09 bits per heavy atom. The summed E-state index contributed by atoms with van der Waals surface area (Å²) in [5, 5.41) is 9.51. The van der Waals surface area contributed by atoms with Gasteiger partial charge in [-0.1, -0.05) is 13.8 Å². The van der Waals surface area contributed by atoms with Gasteiger partial charge in [0.15, 0.2) is 0 Å². The van der Waals surface area contributed by atoms with Crippen LogP contribution < -0.4 is 9.64 Å². The van der Waals surface area contributed by atoms with E-state index in [1.807, 2.05) is 17.0 Å². The van der Waals surface area contributed by atoms with Gasteiger partial charge in [0, 0.05) is 18.2 Å². The number of aliphatic hydroxyl groups excluding tert-OH is 1. The second-order valence-electron chi connectivity index (χ2n) is 6.86. The van der Waals surface area contributed by atoms with Crippen LogP contribution in [0.2, 0.25) is 0 Å². The first kappa shape index (κ1) is 15.3. The Morgan fingerprint density at radius 3 is 2.77 bits per heavy atom. The minimum atomic E-state index is -0.248. The number of aliphatic hydroxyl groups is 1. The molecule has 0 radical (unpaired) electrons. The van der Waals surface area contributed by atoms with Crippen LogP contribution in [0.5, 0.6) is 5.75 Å². The van der Waals surface area contributed by atoms with E-state index in [0.29, 0.717) is 25.2 Å². The molecule has 0 atom stereocenters. The highest BCUT2D eigenvalue weighted by atomic mass is 16.5. The average molecular weight is 303 g/mol. The second-order valence-corrected chi connectivity index (χ2v) is 6.86. The number of rotatable bonds is 5. The molecule has 0 bridgehead atoms. The predicted octanol–water partition coefficient (Wildman–Crippen LogP) is 2.91. The summed E-state index contributed by atoms with van der Waals surface area (Å²) in [5.74, 6) is 1.70. The van der Waals surface area contributed by atoms with Crippen LogP contribution in [-0.4, -0.2) is 29.8 Å². The molecule has 1 fully saturated rings. The van der Waals surface area contributed by atoms with Crippen LogP contribution in [0.4, 0.5) is 5.69 Å². The average Bonchev–Trinajstić information content (AvgIpc) is 2.44. The fourth-order valence-electron chi connectivity index (χ4n) is 3.17. The summed E-state index contributed by atoms with van der Waals surface area (Å²) in [5.41, 5.74) is 2.19. The Hall–Kier alpha value is -1.55. The van der Waals surface area contributed by atoms with Crippen LogP contribution in [0, 0.1) is 5.92 Å². The topological polar surface area (TPSA) is 49.8 Å². The maximum Gasteiger partial charge on any atom is 0.227 e. The van der Waals surface area contributed by atoms with Crippen molar-refractivity contribution < 1.29 is 14.6 Å². The van der Waals surface area contributed by atoms with Crippen LogP contribution in [0.25, 0.3) is 0 Å². The molecule has 1 heterocycles. The molecule has 4 heteroatoms. The number of hydrogen-bond acceptors (Lipinski definition) is 3. The molecule has 3 rings (SSSR count). The highest BCUT2D eigenvalue weighted by molar-refractivity contribution is 5.97. The van der Waals surface area contributed by atoms with Crippen molar-refractivity contribution >= 4 is 11.6 Å². The number of hydrogen-bond donors (Lipinski definition) is 1. The summed E-state index contributed by atoms with van der Waals surface area (Å²) in [7, 11) is 0. The summed E-state index contributed by atoms with van der Waals surface area (Å²) >= 11 is 0. The van der Waals surface area contributed by atoms with E-state index < -0.39 is 0 Å². The normalized spacial score (nSPS) is 24.2. The zero-order valence-electron chi connectivity index (χ0n) is 13.4. The fraction of sp³-hybridized carbons (Fsp3) is 0.611. The summed E-state index contributed by atoms with van der Waals surface area (Å²) in [6, 6.07) is 6.19. The van der Waals surface area contributed by atoms with Crippen LogP contribution in [-0.2, 0) is 11.2 Å². The molecule has 1 aromatic rings. The molecule has 1 N–H and O–H groups in total. The molecule has 1 aliphatic carbocycles. The van der Waals surface area contributed by atoms with Gasteiger partial charge in [-0.15, -0.1) is 0 Å². The zero-order chi connectivity index (χ0) is 15.7. The van der Waals surface area contributed by atoms with Crippen LogP contribution in [0.15, 0.2) is 18.2 Å². The van der Waals surface area contributed by atoms with Gasteiger partial charge in [-0.3, -0.25) is 4.79 Å². The van der Waals surface area contributed by atoms with Gasteiger partial charge in [-0.2, -0.15) is 0 Å². The number of nitrogens with zero attached hydrogens (tertiary/aromatic N) is 1. The van der Waals surface area contributed by atoms with Crippen LogP contribution in [0.3, 0.4) is 0 Å². The standard InChI is InChI=1S/C18H25NO3/c1-12(2)7-8-22-16-4-5-17-13(9-16)3-6-18(21)19(17)14-10-15(20)11-14/h4-5,9,12,14-15,20H,3,6-8,10-11H2,1-2H3. The Bertz CT molecular complexity index is 549. The first-order chi connectivity index (χ1) is 10.5. The minimum absolute atomic E-state index is 0.161. The van der Waals surface area contributed by atoms with Crippen molar-refractivity contribution in [3.05, 3.63) is 23.8 Å². The lowest BCUT2D eigenvalue weighted by molar-refractivity contribution is -0.120. The summed E-state index contributed by atoms with van der Waals surface area (Å²) in [6.07, 6.45) is 3.51. The molecule has 1 amide bonds.